The van der Waals surface area contributed by atoms with E-state index in [-0.39, 0.29) is 17.5 Å². The third kappa shape index (κ3) is 3.34. The third-order valence-electron chi connectivity index (χ3n) is 5.75. The van der Waals surface area contributed by atoms with Crippen LogP contribution in [-0.2, 0) is 4.79 Å². The van der Waals surface area contributed by atoms with Crippen LogP contribution in [0, 0.1) is 0 Å². The largest absolute Gasteiger partial charge is 0.351 e. The molecule has 5 rings (SSSR count). The number of nitrogens with zero attached hydrogens (tertiary/aromatic N) is 4. The minimum atomic E-state index is -0.144. The van der Waals surface area contributed by atoms with E-state index in [1.807, 2.05) is 37.5 Å². The van der Waals surface area contributed by atoms with E-state index in [4.69, 9.17) is 0 Å². The van der Waals surface area contributed by atoms with E-state index in [0.717, 1.165) is 45.9 Å². The van der Waals surface area contributed by atoms with Crippen molar-refractivity contribution in [2.75, 3.05) is 5.32 Å². The lowest BCUT2D eigenvalue weighted by Gasteiger charge is -2.45. The highest BCUT2D eigenvalue weighted by Gasteiger charge is 2.41. The molecule has 1 aliphatic rings. The SMILES string of the molecule is CCC(=O)NC1(C)CC(Nc2ncc3c(-c4ccc5nnccc5c4)c[nH]c3n2)C1. The first-order valence-corrected chi connectivity index (χ1v) is 10.2. The van der Waals surface area contributed by atoms with E-state index in [0.29, 0.717) is 12.4 Å². The molecule has 152 valence electrons. The molecule has 3 N–H and O–H groups in total. The Morgan fingerprint density at radius 1 is 1.30 bits per heavy atom. The number of hydrogen-bond acceptors (Lipinski definition) is 6. The van der Waals surface area contributed by atoms with Gasteiger partial charge in [-0.05, 0) is 43.5 Å². The number of anilines is 1. The molecule has 1 aliphatic carbocycles. The first-order chi connectivity index (χ1) is 14.5. The Kier molecular flexibility index (Phi) is 4.34. The predicted octanol–water partition coefficient (Wildman–Crippen LogP) is 3.43. The van der Waals surface area contributed by atoms with Crippen molar-refractivity contribution < 1.29 is 4.79 Å². The molecule has 1 aromatic carbocycles. The number of H-pyrrole nitrogens is 1. The van der Waals surface area contributed by atoms with Crippen molar-refractivity contribution >= 4 is 33.8 Å². The van der Waals surface area contributed by atoms with Gasteiger partial charge >= 0.3 is 0 Å². The van der Waals surface area contributed by atoms with Gasteiger partial charge in [0, 0.05) is 46.7 Å². The van der Waals surface area contributed by atoms with Crippen LogP contribution in [0.1, 0.15) is 33.1 Å². The lowest BCUT2D eigenvalue weighted by Crippen LogP contribution is -2.59. The van der Waals surface area contributed by atoms with Crippen molar-refractivity contribution in [2.45, 2.75) is 44.7 Å². The highest BCUT2D eigenvalue weighted by atomic mass is 16.1. The Labute approximate surface area is 173 Å². The number of aromatic nitrogens is 5. The summed E-state index contributed by atoms with van der Waals surface area (Å²) in [5.41, 5.74) is 3.64. The van der Waals surface area contributed by atoms with Crippen LogP contribution in [0.5, 0.6) is 0 Å². The number of hydrogen-bond donors (Lipinski definition) is 3. The van der Waals surface area contributed by atoms with Gasteiger partial charge in [0.2, 0.25) is 11.9 Å². The van der Waals surface area contributed by atoms with Crippen LogP contribution >= 0.6 is 0 Å². The van der Waals surface area contributed by atoms with Crippen LogP contribution in [-0.4, -0.2) is 42.6 Å². The van der Waals surface area contributed by atoms with Gasteiger partial charge in [0.25, 0.3) is 0 Å². The van der Waals surface area contributed by atoms with E-state index in [2.05, 4.69) is 48.8 Å². The van der Waals surface area contributed by atoms with E-state index in [1.54, 1.807) is 6.20 Å². The van der Waals surface area contributed by atoms with Gasteiger partial charge in [-0.25, -0.2) is 4.98 Å². The molecule has 0 bridgehead atoms. The zero-order chi connectivity index (χ0) is 20.7. The molecular weight excluding hydrogens is 378 g/mol. The highest BCUT2D eigenvalue weighted by Crippen LogP contribution is 2.34. The van der Waals surface area contributed by atoms with Crippen LogP contribution in [0.4, 0.5) is 5.95 Å². The zero-order valence-corrected chi connectivity index (χ0v) is 16.9. The first-order valence-electron chi connectivity index (χ1n) is 10.2. The molecule has 0 saturated heterocycles. The van der Waals surface area contributed by atoms with E-state index in [1.165, 1.54) is 0 Å². The van der Waals surface area contributed by atoms with E-state index < -0.39 is 0 Å². The minimum Gasteiger partial charge on any atom is -0.351 e. The molecule has 0 atom stereocenters. The normalized spacial score (nSPS) is 20.8. The molecule has 1 amide bonds. The Bertz CT molecular complexity index is 1240. The molecular formula is C22H23N7O. The summed E-state index contributed by atoms with van der Waals surface area (Å²) in [6.07, 6.45) is 7.72. The Hall–Kier alpha value is -3.55. The number of rotatable bonds is 5. The predicted molar refractivity (Wildman–Crippen MR) is 116 cm³/mol. The van der Waals surface area contributed by atoms with E-state index in [9.17, 15) is 4.79 Å². The van der Waals surface area contributed by atoms with Crippen molar-refractivity contribution in [3.05, 3.63) is 42.9 Å². The summed E-state index contributed by atoms with van der Waals surface area (Å²) < 4.78 is 0. The molecule has 30 heavy (non-hydrogen) atoms. The van der Waals surface area contributed by atoms with Crippen LogP contribution in [0.3, 0.4) is 0 Å². The highest BCUT2D eigenvalue weighted by molar-refractivity contribution is 5.96. The summed E-state index contributed by atoms with van der Waals surface area (Å²) in [5, 5.41) is 16.5. The van der Waals surface area contributed by atoms with Gasteiger partial charge in [-0.2, -0.15) is 15.2 Å². The summed E-state index contributed by atoms with van der Waals surface area (Å²) in [4.78, 5) is 24.1. The van der Waals surface area contributed by atoms with Crippen molar-refractivity contribution in [1.82, 2.24) is 30.5 Å². The third-order valence-corrected chi connectivity index (χ3v) is 5.75. The Morgan fingerprint density at radius 2 is 2.17 bits per heavy atom. The molecule has 0 radical (unpaired) electrons. The molecule has 0 spiro atoms. The number of carbonyl (C=O) groups is 1. The van der Waals surface area contributed by atoms with Crippen molar-refractivity contribution in [3.63, 3.8) is 0 Å². The second-order valence-corrected chi connectivity index (χ2v) is 8.17. The van der Waals surface area contributed by atoms with Gasteiger partial charge in [0.1, 0.15) is 5.65 Å². The first kappa shape index (κ1) is 18.5. The quantitative estimate of drug-likeness (QED) is 0.473. The average molecular weight is 401 g/mol. The number of nitrogens with one attached hydrogen (secondary N) is 3. The van der Waals surface area contributed by atoms with Crippen LogP contribution in [0.2, 0.25) is 0 Å². The van der Waals surface area contributed by atoms with Gasteiger partial charge in [-0.3, -0.25) is 4.79 Å². The maximum atomic E-state index is 11.7. The maximum absolute atomic E-state index is 11.7. The summed E-state index contributed by atoms with van der Waals surface area (Å²) in [6.45, 7) is 3.95. The van der Waals surface area contributed by atoms with Gasteiger partial charge in [0.15, 0.2) is 0 Å². The van der Waals surface area contributed by atoms with Gasteiger partial charge in [-0.1, -0.05) is 13.0 Å². The maximum Gasteiger partial charge on any atom is 0.224 e. The molecule has 8 nitrogen and oxygen atoms in total. The molecule has 3 heterocycles. The lowest BCUT2D eigenvalue weighted by molar-refractivity contribution is -0.123. The fraction of sp³-hybridized carbons (Fsp3) is 0.318. The van der Waals surface area contributed by atoms with E-state index >= 15 is 0 Å². The Balaban J connectivity index is 1.34. The van der Waals surface area contributed by atoms with Crippen molar-refractivity contribution in [1.29, 1.82) is 0 Å². The fourth-order valence-corrected chi connectivity index (χ4v) is 4.21. The number of benzene rings is 1. The second kappa shape index (κ2) is 7.05. The van der Waals surface area contributed by atoms with Crippen LogP contribution in [0.25, 0.3) is 33.1 Å². The zero-order valence-electron chi connectivity index (χ0n) is 16.9. The van der Waals surface area contributed by atoms with Crippen molar-refractivity contribution in [2.24, 2.45) is 0 Å². The fourth-order valence-electron chi connectivity index (χ4n) is 4.21. The van der Waals surface area contributed by atoms with Gasteiger partial charge in [0.05, 0.1) is 11.7 Å². The standard InChI is InChI=1S/C22H23N7O/c1-3-19(30)28-22(2)9-15(10-22)26-21-24-12-17-16(11-23-20(17)27-21)13-4-5-18-14(8-13)6-7-25-29-18/h4-8,11-12,15H,3,9-10H2,1-2H3,(H,28,30)(H2,23,24,26,27). The number of aromatic amines is 1. The molecule has 8 heteroatoms. The molecule has 0 aliphatic heterocycles. The second-order valence-electron chi connectivity index (χ2n) is 8.17. The molecule has 3 aromatic heterocycles. The van der Waals surface area contributed by atoms with Crippen molar-refractivity contribution in [3.8, 4) is 11.1 Å². The number of fused-ring (bicyclic) bond motifs is 2. The molecule has 1 saturated carbocycles. The molecule has 4 aromatic rings. The lowest BCUT2D eigenvalue weighted by atomic mass is 9.74. The number of amides is 1. The number of carbonyl (C=O) groups excluding carboxylic acids is 1. The average Bonchev–Trinajstić information content (AvgIpc) is 3.15. The minimum absolute atomic E-state index is 0.0910. The summed E-state index contributed by atoms with van der Waals surface area (Å²) >= 11 is 0. The van der Waals surface area contributed by atoms with Crippen LogP contribution < -0.4 is 10.6 Å². The topological polar surface area (TPSA) is 108 Å². The summed E-state index contributed by atoms with van der Waals surface area (Å²) in [5.74, 6) is 0.687. The van der Waals surface area contributed by atoms with Gasteiger partial charge in [-0.15, -0.1) is 0 Å². The van der Waals surface area contributed by atoms with Crippen LogP contribution in [0.15, 0.2) is 42.9 Å². The molecule has 1 fully saturated rings. The van der Waals surface area contributed by atoms with Gasteiger partial charge < -0.3 is 15.6 Å². The summed E-state index contributed by atoms with van der Waals surface area (Å²) in [7, 11) is 0. The molecule has 0 unspecified atom stereocenters. The smallest absolute Gasteiger partial charge is 0.224 e. The Morgan fingerprint density at radius 3 is 3.00 bits per heavy atom. The summed E-state index contributed by atoms with van der Waals surface area (Å²) in [6, 6.07) is 8.30. The monoisotopic (exact) mass is 401 g/mol.